The summed E-state index contributed by atoms with van der Waals surface area (Å²) in [4.78, 5) is 6.62. The Bertz CT molecular complexity index is 484. The summed E-state index contributed by atoms with van der Waals surface area (Å²) >= 11 is 0. The number of hydrogen-bond acceptors (Lipinski definition) is 3. The third kappa shape index (κ3) is 7.36. The first-order valence-corrected chi connectivity index (χ1v) is 8.64. The zero-order chi connectivity index (χ0) is 16.5. The minimum Gasteiger partial charge on any atom is -0.393 e. The molecular weight excluding hydrogens is 415 g/mol. The smallest absolute Gasteiger partial charge is 0.191 e. The second-order valence-electron chi connectivity index (χ2n) is 6.18. The van der Waals surface area contributed by atoms with Crippen LogP contribution in [0.2, 0.25) is 0 Å². The monoisotopic (exact) mass is 446 g/mol. The lowest BCUT2D eigenvalue weighted by Crippen LogP contribution is -2.37. The van der Waals surface area contributed by atoms with Gasteiger partial charge in [0, 0.05) is 39.8 Å². The highest BCUT2D eigenvalue weighted by Gasteiger charge is 2.16. The van der Waals surface area contributed by atoms with Crippen LogP contribution < -0.4 is 10.6 Å². The lowest BCUT2D eigenvalue weighted by Gasteiger charge is -2.29. The van der Waals surface area contributed by atoms with E-state index < -0.39 is 0 Å². The molecule has 0 amide bonds. The molecule has 0 unspecified atom stereocenters. The molecule has 136 valence electrons. The van der Waals surface area contributed by atoms with Gasteiger partial charge in [-0.1, -0.05) is 31.2 Å². The molecule has 1 aliphatic heterocycles. The maximum absolute atomic E-state index is 9.56. The van der Waals surface area contributed by atoms with E-state index in [1.165, 1.54) is 11.1 Å². The molecule has 0 radical (unpaired) electrons. The first-order valence-electron chi connectivity index (χ1n) is 8.64. The number of hydrogen-bond donors (Lipinski definition) is 3. The molecule has 1 saturated heterocycles. The number of aliphatic imine (C=N–C) groups is 1. The average Bonchev–Trinajstić information content (AvgIpc) is 2.58. The van der Waals surface area contributed by atoms with E-state index in [2.05, 4.69) is 51.7 Å². The van der Waals surface area contributed by atoms with Crippen molar-refractivity contribution in [1.29, 1.82) is 0 Å². The number of rotatable bonds is 6. The van der Waals surface area contributed by atoms with Crippen LogP contribution >= 0.6 is 24.0 Å². The van der Waals surface area contributed by atoms with Crippen LogP contribution in [0.4, 0.5) is 0 Å². The van der Waals surface area contributed by atoms with Crippen LogP contribution in [0, 0.1) is 0 Å². The van der Waals surface area contributed by atoms with E-state index in [0.717, 1.165) is 57.9 Å². The Kier molecular flexibility index (Phi) is 10.3. The Hall–Kier alpha value is -0.860. The molecule has 1 aromatic rings. The van der Waals surface area contributed by atoms with Gasteiger partial charge in [0.05, 0.1) is 6.10 Å². The SMILES string of the molecule is CCCNC(=NC)NCc1ccc(CN2CCC(O)CC2)cc1.I. The Morgan fingerprint density at radius 3 is 2.38 bits per heavy atom. The van der Waals surface area contributed by atoms with E-state index in [4.69, 9.17) is 0 Å². The molecule has 1 fully saturated rings. The van der Waals surface area contributed by atoms with Crippen molar-refractivity contribution in [3.63, 3.8) is 0 Å². The third-order valence-corrected chi connectivity index (χ3v) is 4.21. The summed E-state index contributed by atoms with van der Waals surface area (Å²) in [5.41, 5.74) is 2.58. The fraction of sp³-hybridized carbons (Fsp3) is 0.611. The van der Waals surface area contributed by atoms with Gasteiger partial charge < -0.3 is 15.7 Å². The number of piperidine rings is 1. The van der Waals surface area contributed by atoms with Gasteiger partial charge in [-0.05, 0) is 30.4 Å². The summed E-state index contributed by atoms with van der Waals surface area (Å²) in [6.45, 7) is 6.80. The maximum atomic E-state index is 9.56. The Balaban J connectivity index is 0.00000288. The average molecular weight is 446 g/mol. The van der Waals surface area contributed by atoms with Crippen LogP contribution in [0.25, 0.3) is 0 Å². The summed E-state index contributed by atoms with van der Waals surface area (Å²) in [6.07, 6.45) is 2.77. The highest BCUT2D eigenvalue weighted by Crippen LogP contribution is 2.14. The van der Waals surface area contributed by atoms with Gasteiger partial charge in [0.2, 0.25) is 0 Å². The molecule has 0 saturated carbocycles. The number of guanidine groups is 1. The van der Waals surface area contributed by atoms with Crippen molar-refractivity contribution in [2.24, 2.45) is 4.99 Å². The second kappa shape index (κ2) is 11.7. The van der Waals surface area contributed by atoms with Gasteiger partial charge >= 0.3 is 0 Å². The minimum atomic E-state index is -0.101. The first kappa shape index (κ1) is 21.2. The van der Waals surface area contributed by atoms with Gasteiger partial charge in [-0.25, -0.2) is 0 Å². The van der Waals surface area contributed by atoms with Gasteiger partial charge in [-0.2, -0.15) is 0 Å². The van der Waals surface area contributed by atoms with Crippen LogP contribution in [-0.4, -0.2) is 48.8 Å². The topological polar surface area (TPSA) is 59.9 Å². The number of aliphatic hydroxyl groups excluding tert-OH is 1. The molecular formula is C18H31IN4O. The maximum Gasteiger partial charge on any atom is 0.191 e. The van der Waals surface area contributed by atoms with Crippen LogP contribution in [0.5, 0.6) is 0 Å². The molecule has 6 heteroatoms. The zero-order valence-corrected chi connectivity index (χ0v) is 17.1. The fourth-order valence-corrected chi connectivity index (χ4v) is 2.75. The number of likely N-dealkylation sites (tertiary alicyclic amines) is 1. The molecule has 24 heavy (non-hydrogen) atoms. The fourth-order valence-electron chi connectivity index (χ4n) is 2.75. The van der Waals surface area contributed by atoms with Gasteiger partial charge in [0.25, 0.3) is 0 Å². The van der Waals surface area contributed by atoms with Crippen molar-refractivity contribution < 1.29 is 5.11 Å². The van der Waals surface area contributed by atoms with Crippen molar-refractivity contribution in [1.82, 2.24) is 15.5 Å². The van der Waals surface area contributed by atoms with Crippen LogP contribution in [0.3, 0.4) is 0 Å². The molecule has 1 heterocycles. The lowest BCUT2D eigenvalue weighted by atomic mass is 10.1. The van der Waals surface area contributed by atoms with E-state index in [9.17, 15) is 5.11 Å². The molecule has 0 aromatic heterocycles. The van der Waals surface area contributed by atoms with Gasteiger partial charge in [0.1, 0.15) is 0 Å². The highest BCUT2D eigenvalue weighted by molar-refractivity contribution is 14.0. The molecule has 0 atom stereocenters. The summed E-state index contributed by atoms with van der Waals surface area (Å²) in [5, 5.41) is 16.2. The lowest BCUT2D eigenvalue weighted by molar-refractivity contribution is 0.0792. The molecule has 1 aliphatic rings. The molecule has 0 aliphatic carbocycles. The molecule has 0 spiro atoms. The predicted octanol–water partition coefficient (Wildman–Crippen LogP) is 2.34. The molecule has 1 aromatic carbocycles. The van der Waals surface area contributed by atoms with E-state index in [1.54, 1.807) is 7.05 Å². The van der Waals surface area contributed by atoms with E-state index in [0.29, 0.717) is 0 Å². The number of aliphatic hydroxyl groups is 1. The third-order valence-electron chi connectivity index (χ3n) is 4.21. The Labute approximate surface area is 162 Å². The first-order chi connectivity index (χ1) is 11.2. The Morgan fingerprint density at radius 1 is 1.17 bits per heavy atom. The predicted molar refractivity (Wildman–Crippen MR) is 111 cm³/mol. The van der Waals surface area contributed by atoms with Crippen LogP contribution in [-0.2, 0) is 13.1 Å². The summed E-state index contributed by atoms with van der Waals surface area (Å²) in [7, 11) is 1.80. The highest BCUT2D eigenvalue weighted by atomic mass is 127. The number of benzene rings is 1. The van der Waals surface area contributed by atoms with E-state index in [-0.39, 0.29) is 30.1 Å². The van der Waals surface area contributed by atoms with E-state index >= 15 is 0 Å². The van der Waals surface area contributed by atoms with Gasteiger partial charge in [-0.3, -0.25) is 9.89 Å². The molecule has 0 bridgehead atoms. The number of nitrogens with zero attached hydrogens (tertiary/aromatic N) is 2. The minimum absolute atomic E-state index is 0. The van der Waals surface area contributed by atoms with Crippen LogP contribution in [0.15, 0.2) is 29.3 Å². The summed E-state index contributed by atoms with van der Waals surface area (Å²) in [6, 6.07) is 8.75. The quantitative estimate of drug-likeness (QED) is 0.357. The second-order valence-corrected chi connectivity index (χ2v) is 6.18. The van der Waals surface area contributed by atoms with Crippen molar-refractivity contribution in [3.05, 3.63) is 35.4 Å². The molecule has 3 N–H and O–H groups in total. The normalized spacial score (nSPS) is 16.5. The van der Waals surface area contributed by atoms with Gasteiger partial charge in [0.15, 0.2) is 5.96 Å². The number of halogens is 1. The molecule has 5 nitrogen and oxygen atoms in total. The zero-order valence-electron chi connectivity index (χ0n) is 14.8. The Morgan fingerprint density at radius 2 is 1.79 bits per heavy atom. The van der Waals surface area contributed by atoms with Crippen molar-refractivity contribution in [2.45, 2.75) is 45.4 Å². The standard InChI is InChI=1S/C18H30N4O.HI/c1-3-10-20-18(19-2)21-13-15-4-6-16(7-5-15)14-22-11-8-17(23)9-12-22;/h4-7,17,23H,3,8-14H2,1-2H3,(H2,19,20,21);1H. The van der Waals surface area contributed by atoms with Crippen molar-refractivity contribution >= 4 is 29.9 Å². The van der Waals surface area contributed by atoms with Gasteiger partial charge in [-0.15, -0.1) is 24.0 Å². The number of nitrogens with one attached hydrogen (secondary N) is 2. The van der Waals surface area contributed by atoms with E-state index in [1.807, 2.05) is 0 Å². The van der Waals surface area contributed by atoms with Crippen molar-refractivity contribution in [2.75, 3.05) is 26.7 Å². The van der Waals surface area contributed by atoms with Crippen LogP contribution in [0.1, 0.15) is 37.3 Å². The largest absolute Gasteiger partial charge is 0.393 e. The summed E-state index contributed by atoms with van der Waals surface area (Å²) < 4.78 is 0. The van der Waals surface area contributed by atoms with Crippen molar-refractivity contribution in [3.8, 4) is 0 Å². The summed E-state index contributed by atoms with van der Waals surface area (Å²) in [5.74, 6) is 0.850. The molecule has 2 rings (SSSR count).